The molecule has 202 valence electrons. The van der Waals surface area contributed by atoms with Gasteiger partial charge in [0.2, 0.25) is 0 Å². The average molecular weight is 501 g/mol. The van der Waals surface area contributed by atoms with Gasteiger partial charge < -0.3 is 20.1 Å². The zero-order valence-electron chi connectivity index (χ0n) is 23.2. The molecule has 0 heterocycles. The SMILES string of the molecule is C=C1/C(=C/C=C2\CCC[C@]3(C)[C@@H]([C@H](C)/C=C/[C@@H](O)C(C)(C)C(=O)OC(C)C)CC[C@@H]23)C[C@H](O)C[C@H]1O. The fourth-order valence-electron chi connectivity index (χ4n) is 6.75. The minimum Gasteiger partial charge on any atom is -0.462 e. The van der Waals surface area contributed by atoms with Crippen LogP contribution in [0.2, 0.25) is 0 Å². The molecule has 3 aliphatic rings. The molecule has 0 aromatic carbocycles. The van der Waals surface area contributed by atoms with Crippen molar-refractivity contribution in [2.45, 2.75) is 111 Å². The highest BCUT2D eigenvalue weighted by atomic mass is 16.5. The molecule has 0 aromatic heterocycles. The van der Waals surface area contributed by atoms with Gasteiger partial charge >= 0.3 is 5.97 Å². The standard InChI is InChI=1S/C31H48O5/c1-19(2)36-29(35)30(5,6)28(34)15-10-20(3)25-13-14-26-22(9-8-16-31(25,26)7)11-12-23-17-24(32)18-27(33)21(23)4/h10-12,15,19-20,24-28,32-34H,4,8-9,13-14,16-18H2,1-3,5-7H3/b15-10+,22-11+,23-12+/t20-,24+,25-,26+,27-,28-,31-/m1/s1. The second-order valence-corrected chi connectivity index (χ2v) is 12.5. The van der Waals surface area contributed by atoms with Gasteiger partial charge in [-0.15, -0.1) is 0 Å². The average Bonchev–Trinajstić information content (AvgIpc) is 3.15. The summed E-state index contributed by atoms with van der Waals surface area (Å²) in [7, 11) is 0. The van der Waals surface area contributed by atoms with E-state index in [1.807, 2.05) is 13.8 Å². The lowest BCUT2D eigenvalue weighted by Crippen LogP contribution is -2.39. The molecule has 0 spiro atoms. The van der Waals surface area contributed by atoms with Crippen molar-refractivity contribution in [3.05, 3.63) is 47.6 Å². The van der Waals surface area contributed by atoms with E-state index in [1.54, 1.807) is 19.9 Å². The minimum atomic E-state index is -0.999. The molecule has 0 bridgehead atoms. The number of hydrogen-bond donors (Lipinski definition) is 3. The monoisotopic (exact) mass is 500 g/mol. The van der Waals surface area contributed by atoms with Crippen LogP contribution in [0.4, 0.5) is 0 Å². The van der Waals surface area contributed by atoms with Crippen LogP contribution in [0, 0.1) is 28.6 Å². The predicted molar refractivity (Wildman–Crippen MR) is 144 cm³/mol. The van der Waals surface area contributed by atoms with E-state index in [0.717, 1.165) is 36.8 Å². The van der Waals surface area contributed by atoms with Gasteiger partial charge in [0.25, 0.3) is 0 Å². The largest absolute Gasteiger partial charge is 0.462 e. The number of hydrogen-bond acceptors (Lipinski definition) is 5. The second-order valence-electron chi connectivity index (χ2n) is 12.5. The minimum absolute atomic E-state index is 0.186. The molecule has 0 radical (unpaired) electrons. The summed E-state index contributed by atoms with van der Waals surface area (Å²) >= 11 is 0. The molecule has 3 fully saturated rings. The van der Waals surface area contributed by atoms with E-state index in [-0.39, 0.29) is 23.4 Å². The van der Waals surface area contributed by atoms with Crippen molar-refractivity contribution < 1.29 is 24.9 Å². The number of aliphatic hydroxyl groups excluding tert-OH is 3. The maximum Gasteiger partial charge on any atom is 0.314 e. The highest BCUT2D eigenvalue weighted by Gasteiger charge is 2.50. The third kappa shape index (κ3) is 6.06. The highest BCUT2D eigenvalue weighted by Crippen LogP contribution is 2.59. The molecular weight excluding hydrogens is 452 g/mol. The summed E-state index contributed by atoms with van der Waals surface area (Å²) in [5.74, 6) is 0.916. The molecule has 3 aliphatic carbocycles. The molecule has 5 nitrogen and oxygen atoms in total. The number of rotatable bonds is 7. The van der Waals surface area contributed by atoms with Crippen LogP contribution in [0.25, 0.3) is 0 Å². The maximum absolute atomic E-state index is 12.5. The van der Waals surface area contributed by atoms with Crippen LogP contribution in [0.15, 0.2) is 47.6 Å². The van der Waals surface area contributed by atoms with Crippen molar-refractivity contribution in [3.8, 4) is 0 Å². The maximum atomic E-state index is 12.5. The Morgan fingerprint density at radius 2 is 1.86 bits per heavy atom. The van der Waals surface area contributed by atoms with Gasteiger partial charge in [0.1, 0.15) is 0 Å². The lowest BCUT2D eigenvalue weighted by Gasteiger charge is -2.44. The van der Waals surface area contributed by atoms with E-state index in [2.05, 4.69) is 38.7 Å². The van der Waals surface area contributed by atoms with E-state index in [4.69, 9.17) is 4.74 Å². The fourth-order valence-corrected chi connectivity index (χ4v) is 6.75. The van der Waals surface area contributed by atoms with Crippen LogP contribution in [-0.2, 0) is 9.53 Å². The molecule has 3 N–H and O–H groups in total. The van der Waals surface area contributed by atoms with Crippen LogP contribution in [-0.4, -0.2) is 45.7 Å². The molecule has 0 aromatic rings. The first-order valence-corrected chi connectivity index (χ1v) is 13.8. The van der Waals surface area contributed by atoms with E-state index >= 15 is 0 Å². The Balaban J connectivity index is 1.72. The van der Waals surface area contributed by atoms with Gasteiger partial charge in [0.05, 0.1) is 29.8 Å². The number of carbonyl (C=O) groups excluding carboxylic acids is 1. The van der Waals surface area contributed by atoms with Crippen LogP contribution < -0.4 is 0 Å². The van der Waals surface area contributed by atoms with Crippen LogP contribution in [0.5, 0.6) is 0 Å². The topological polar surface area (TPSA) is 87.0 Å². The fraction of sp³-hybridized carbons (Fsp3) is 0.710. The van der Waals surface area contributed by atoms with Gasteiger partial charge in [-0.25, -0.2) is 0 Å². The molecule has 7 atom stereocenters. The Kier molecular flexibility index (Phi) is 9.12. The van der Waals surface area contributed by atoms with E-state index in [9.17, 15) is 20.1 Å². The van der Waals surface area contributed by atoms with Crippen molar-refractivity contribution in [2.75, 3.05) is 0 Å². The van der Waals surface area contributed by atoms with E-state index in [1.165, 1.54) is 12.0 Å². The van der Waals surface area contributed by atoms with Gasteiger partial charge in [0, 0.05) is 6.42 Å². The zero-order valence-corrected chi connectivity index (χ0v) is 23.2. The summed E-state index contributed by atoms with van der Waals surface area (Å²) in [5, 5.41) is 31.1. The van der Waals surface area contributed by atoms with Crippen molar-refractivity contribution in [3.63, 3.8) is 0 Å². The zero-order chi connectivity index (χ0) is 26.8. The number of esters is 1. The molecule has 3 rings (SSSR count). The first-order valence-electron chi connectivity index (χ1n) is 13.8. The van der Waals surface area contributed by atoms with Gasteiger partial charge in [-0.3, -0.25) is 4.79 Å². The third-order valence-electron chi connectivity index (χ3n) is 9.14. The van der Waals surface area contributed by atoms with Gasteiger partial charge in [0.15, 0.2) is 0 Å². The van der Waals surface area contributed by atoms with Gasteiger partial charge in [-0.2, -0.15) is 0 Å². The highest BCUT2D eigenvalue weighted by molar-refractivity contribution is 5.77. The molecule has 5 heteroatoms. The number of aliphatic hydroxyl groups is 3. The van der Waals surface area contributed by atoms with E-state index < -0.39 is 23.7 Å². The summed E-state index contributed by atoms with van der Waals surface area (Å²) in [6, 6.07) is 0. The van der Waals surface area contributed by atoms with Crippen LogP contribution in [0.3, 0.4) is 0 Å². The molecule has 0 saturated heterocycles. The lowest BCUT2D eigenvalue weighted by atomic mass is 9.61. The molecule has 0 unspecified atom stereocenters. The Hall–Kier alpha value is -1.69. The van der Waals surface area contributed by atoms with Crippen LogP contribution in [0.1, 0.15) is 86.5 Å². The Bertz CT molecular complexity index is 910. The third-order valence-corrected chi connectivity index (χ3v) is 9.14. The number of ether oxygens (including phenoxy) is 1. The van der Waals surface area contributed by atoms with Gasteiger partial charge in [-0.1, -0.05) is 50.3 Å². The predicted octanol–water partition coefficient (Wildman–Crippen LogP) is 5.66. The Morgan fingerprint density at radius 3 is 2.53 bits per heavy atom. The smallest absolute Gasteiger partial charge is 0.314 e. The first-order chi connectivity index (χ1) is 16.8. The Morgan fingerprint density at radius 1 is 1.17 bits per heavy atom. The normalized spacial score (nSPS) is 35.4. The molecular formula is C31H48O5. The van der Waals surface area contributed by atoms with Gasteiger partial charge in [-0.05, 0) is 101 Å². The van der Waals surface area contributed by atoms with Crippen molar-refractivity contribution in [1.82, 2.24) is 0 Å². The van der Waals surface area contributed by atoms with Crippen LogP contribution >= 0.6 is 0 Å². The number of allylic oxidation sites excluding steroid dienone is 4. The summed E-state index contributed by atoms with van der Waals surface area (Å²) in [6.45, 7) is 15.8. The molecule has 3 saturated carbocycles. The molecule has 0 amide bonds. The second kappa shape index (κ2) is 11.4. The Labute approximate surface area is 218 Å². The molecule has 36 heavy (non-hydrogen) atoms. The summed E-state index contributed by atoms with van der Waals surface area (Å²) in [5.41, 5.74) is 2.35. The van der Waals surface area contributed by atoms with Crippen molar-refractivity contribution in [2.24, 2.45) is 28.6 Å². The van der Waals surface area contributed by atoms with Crippen molar-refractivity contribution in [1.29, 1.82) is 0 Å². The number of carbonyl (C=O) groups is 1. The summed E-state index contributed by atoms with van der Waals surface area (Å²) < 4.78 is 5.35. The summed E-state index contributed by atoms with van der Waals surface area (Å²) in [4.78, 5) is 12.5. The lowest BCUT2D eigenvalue weighted by molar-refractivity contribution is -0.162. The van der Waals surface area contributed by atoms with Crippen molar-refractivity contribution >= 4 is 5.97 Å². The first kappa shape index (κ1) is 28.9. The number of fused-ring (bicyclic) bond motifs is 1. The molecule has 0 aliphatic heterocycles. The summed E-state index contributed by atoms with van der Waals surface area (Å²) in [6.07, 6.45) is 12.6. The quantitative estimate of drug-likeness (QED) is 0.310. The van der Waals surface area contributed by atoms with E-state index in [0.29, 0.717) is 24.7 Å².